The van der Waals surface area contributed by atoms with Crippen LogP contribution in [0.1, 0.15) is 51.6 Å². The number of amides is 1. The number of carbonyl (C=O) groups excluding carboxylic acids is 2. The third-order valence-electron chi connectivity index (χ3n) is 8.78. The topological polar surface area (TPSA) is 50.3 Å². The summed E-state index contributed by atoms with van der Waals surface area (Å²) in [4.78, 5) is 32.0. The van der Waals surface area contributed by atoms with Crippen molar-refractivity contribution in [2.45, 2.75) is 52.0 Å². The first-order valence-corrected chi connectivity index (χ1v) is 11.0. The Morgan fingerprint density at radius 1 is 1.14 bits per heavy atom. The van der Waals surface area contributed by atoms with Crippen molar-refractivity contribution in [1.29, 1.82) is 0 Å². The van der Waals surface area contributed by atoms with Crippen molar-refractivity contribution in [2.75, 3.05) is 7.05 Å². The number of nitrogens with zero attached hydrogens (tertiary/aromatic N) is 2. The number of fused-ring (bicyclic) bond motifs is 5. The van der Waals surface area contributed by atoms with Crippen LogP contribution in [0.3, 0.4) is 0 Å². The van der Waals surface area contributed by atoms with Gasteiger partial charge in [0.2, 0.25) is 5.91 Å². The van der Waals surface area contributed by atoms with Crippen LogP contribution in [0, 0.1) is 28.6 Å². The molecule has 3 aliphatic carbocycles. The molecule has 1 amide bonds. The van der Waals surface area contributed by atoms with Crippen LogP contribution in [0.15, 0.2) is 42.1 Å². The van der Waals surface area contributed by atoms with Crippen LogP contribution < -0.4 is 0 Å². The van der Waals surface area contributed by atoms with Crippen molar-refractivity contribution in [1.82, 2.24) is 9.88 Å². The van der Waals surface area contributed by atoms with Crippen molar-refractivity contribution in [3.05, 3.63) is 47.8 Å². The largest absolute Gasteiger partial charge is 0.338 e. The average Bonchev–Trinajstić information content (AvgIpc) is 2.97. The van der Waals surface area contributed by atoms with E-state index >= 15 is 0 Å². The maximum Gasteiger partial charge on any atom is 0.246 e. The molecule has 0 spiro atoms. The number of hydrogen-bond donors (Lipinski definition) is 0. The lowest BCUT2D eigenvalue weighted by molar-refractivity contribution is -0.141. The van der Waals surface area contributed by atoms with Crippen LogP contribution in [0.4, 0.5) is 0 Å². The Kier molecular flexibility index (Phi) is 4.13. The van der Waals surface area contributed by atoms with Crippen LogP contribution in [0.5, 0.6) is 0 Å². The van der Waals surface area contributed by atoms with Gasteiger partial charge in [-0.05, 0) is 79.7 Å². The predicted octanol–water partition coefficient (Wildman–Crippen LogP) is 4.28. The summed E-state index contributed by atoms with van der Waals surface area (Å²) >= 11 is 0. The zero-order valence-corrected chi connectivity index (χ0v) is 17.6. The minimum Gasteiger partial charge on any atom is -0.338 e. The van der Waals surface area contributed by atoms with Gasteiger partial charge in [0.05, 0.1) is 5.69 Å². The highest BCUT2D eigenvalue weighted by Crippen LogP contribution is 2.63. The second-order valence-electron chi connectivity index (χ2n) is 10.0. The minimum absolute atomic E-state index is 0.0173. The van der Waals surface area contributed by atoms with Gasteiger partial charge in [-0.25, -0.2) is 0 Å². The van der Waals surface area contributed by atoms with Gasteiger partial charge in [0.1, 0.15) is 0 Å². The summed E-state index contributed by atoms with van der Waals surface area (Å²) in [5, 5.41) is 0. The molecule has 0 aromatic carbocycles. The number of carbonyl (C=O) groups is 2. The first-order valence-electron chi connectivity index (χ1n) is 11.0. The molecular weight excluding hydrogens is 360 g/mol. The van der Waals surface area contributed by atoms with Crippen LogP contribution >= 0.6 is 0 Å². The van der Waals surface area contributed by atoms with Gasteiger partial charge in [-0.2, -0.15) is 0 Å². The number of rotatable bonds is 1. The summed E-state index contributed by atoms with van der Waals surface area (Å²) in [6.45, 7) is 4.55. The fourth-order valence-corrected chi connectivity index (χ4v) is 7.18. The summed E-state index contributed by atoms with van der Waals surface area (Å²) < 4.78 is 0. The molecule has 1 aromatic rings. The van der Waals surface area contributed by atoms with E-state index in [1.165, 1.54) is 0 Å². The normalized spacial score (nSPS) is 42.6. The second-order valence-corrected chi connectivity index (χ2v) is 10.0. The van der Waals surface area contributed by atoms with Gasteiger partial charge in [0, 0.05) is 30.1 Å². The number of allylic oxidation sites excluding steroid dienone is 1. The molecule has 3 fully saturated rings. The Morgan fingerprint density at radius 2 is 1.97 bits per heavy atom. The van der Waals surface area contributed by atoms with E-state index < -0.39 is 0 Å². The Labute approximate surface area is 173 Å². The van der Waals surface area contributed by atoms with Crippen molar-refractivity contribution >= 4 is 17.8 Å². The number of likely N-dealkylation sites (N-methyl/N-ethyl adjacent to an activating group) is 1. The fourth-order valence-electron chi connectivity index (χ4n) is 7.18. The number of aromatic nitrogens is 1. The lowest BCUT2D eigenvalue weighted by Gasteiger charge is -2.59. The summed E-state index contributed by atoms with van der Waals surface area (Å²) in [5.74, 6) is 1.94. The minimum atomic E-state index is -0.245. The molecule has 2 heterocycles. The molecule has 4 aliphatic rings. The molecule has 6 atom stereocenters. The summed E-state index contributed by atoms with van der Waals surface area (Å²) in [5.41, 5.74) is 1.60. The lowest BCUT2D eigenvalue weighted by Crippen LogP contribution is -2.59. The van der Waals surface area contributed by atoms with Crippen LogP contribution in [0.2, 0.25) is 0 Å². The maximum atomic E-state index is 13.4. The van der Waals surface area contributed by atoms with Gasteiger partial charge in [0.25, 0.3) is 0 Å². The predicted molar refractivity (Wildman–Crippen MR) is 113 cm³/mol. The molecule has 4 heteroatoms. The highest BCUT2D eigenvalue weighted by Gasteiger charge is 2.61. The van der Waals surface area contributed by atoms with E-state index in [-0.39, 0.29) is 22.8 Å². The van der Waals surface area contributed by atoms with E-state index in [1.807, 2.05) is 36.2 Å². The van der Waals surface area contributed by atoms with Gasteiger partial charge < -0.3 is 4.90 Å². The Bertz CT molecular complexity index is 920. The van der Waals surface area contributed by atoms with Gasteiger partial charge in [-0.3, -0.25) is 14.6 Å². The third-order valence-corrected chi connectivity index (χ3v) is 8.78. The lowest BCUT2D eigenvalue weighted by atomic mass is 9.48. The monoisotopic (exact) mass is 390 g/mol. The highest BCUT2D eigenvalue weighted by atomic mass is 16.2. The molecule has 152 valence electrons. The molecule has 5 rings (SSSR count). The Balaban J connectivity index is 1.49. The summed E-state index contributed by atoms with van der Waals surface area (Å²) in [6, 6.07) is 6.13. The third kappa shape index (κ3) is 2.60. The first-order chi connectivity index (χ1) is 13.8. The van der Waals surface area contributed by atoms with Gasteiger partial charge in [0.15, 0.2) is 5.78 Å². The molecular formula is C25H30N2O2. The molecule has 0 unspecified atom stereocenters. The van der Waals surface area contributed by atoms with Gasteiger partial charge in [-0.1, -0.05) is 26.0 Å². The Hall–Kier alpha value is -2.23. The van der Waals surface area contributed by atoms with Crippen molar-refractivity contribution in [3.8, 4) is 0 Å². The summed E-state index contributed by atoms with van der Waals surface area (Å²) in [6.07, 6.45) is 12.8. The zero-order valence-electron chi connectivity index (χ0n) is 17.6. The highest BCUT2D eigenvalue weighted by molar-refractivity contribution is 6.05. The van der Waals surface area contributed by atoms with Crippen LogP contribution in [-0.4, -0.2) is 34.7 Å². The van der Waals surface area contributed by atoms with E-state index in [0.29, 0.717) is 23.5 Å². The number of hydrogen-bond acceptors (Lipinski definition) is 3. The first kappa shape index (κ1) is 18.8. The smallest absolute Gasteiger partial charge is 0.246 e. The Morgan fingerprint density at radius 3 is 2.72 bits per heavy atom. The molecule has 29 heavy (non-hydrogen) atoms. The second kappa shape index (κ2) is 6.38. The van der Waals surface area contributed by atoms with Crippen molar-refractivity contribution in [2.24, 2.45) is 28.6 Å². The number of Topliss-reactive ketones (excluding diaryl/α,β-unsaturated/α-hetero) is 1. The fraction of sp³-hybridized carbons (Fsp3) is 0.560. The summed E-state index contributed by atoms with van der Waals surface area (Å²) in [7, 11) is 1.95. The van der Waals surface area contributed by atoms with Crippen LogP contribution in [-0.2, 0) is 9.59 Å². The molecule has 0 saturated heterocycles. The molecule has 3 saturated carbocycles. The van der Waals surface area contributed by atoms with E-state index in [0.717, 1.165) is 43.4 Å². The maximum absolute atomic E-state index is 13.4. The molecule has 1 aromatic heterocycles. The molecule has 0 bridgehead atoms. The standard InChI is InChI=1S/C25H30N2O2/c1-24-12-10-22(28)27(3)21(24)8-7-18-19(24)9-11-25(2)20(18)15-16(23(25)29)14-17-6-4-5-13-26-17/h4-6,10,12-14,18-21H,7-9,11,15H2,1-3H3/b16-14+/t18-,19+,20+,21-,24-,25+/m1/s1. The van der Waals surface area contributed by atoms with Crippen LogP contribution in [0.25, 0.3) is 6.08 Å². The van der Waals surface area contributed by atoms with E-state index in [2.05, 4.69) is 24.9 Å². The van der Waals surface area contributed by atoms with E-state index in [9.17, 15) is 9.59 Å². The zero-order chi connectivity index (χ0) is 20.4. The van der Waals surface area contributed by atoms with Gasteiger partial charge >= 0.3 is 0 Å². The molecule has 4 nitrogen and oxygen atoms in total. The number of pyridine rings is 1. The van der Waals surface area contributed by atoms with Gasteiger partial charge in [-0.15, -0.1) is 0 Å². The van der Waals surface area contributed by atoms with E-state index in [1.54, 1.807) is 12.3 Å². The molecule has 1 aliphatic heterocycles. The van der Waals surface area contributed by atoms with E-state index in [4.69, 9.17) is 0 Å². The number of ketones is 1. The SMILES string of the molecule is CN1C(=O)C=C[C@]2(C)[C@H]3CC[C@]4(C)C(=O)/C(=C/c5ccccn5)C[C@H]4[C@@H]3CC[C@@H]12. The van der Waals surface area contributed by atoms with Crippen molar-refractivity contribution < 1.29 is 9.59 Å². The average molecular weight is 391 g/mol. The van der Waals surface area contributed by atoms with Crippen molar-refractivity contribution in [3.63, 3.8) is 0 Å². The molecule has 0 N–H and O–H groups in total. The quantitative estimate of drug-likeness (QED) is 0.673. The molecule has 0 radical (unpaired) electrons.